The number of para-hydroxylation sites is 1. The molecule has 32 heavy (non-hydrogen) atoms. The average molecular weight is 427 g/mol. The molecule has 1 aliphatic rings. The summed E-state index contributed by atoms with van der Waals surface area (Å²) in [5.74, 6) is -0.170. The third-order valence-corrected chi connectivity index (χ3v) is 5.29. The van der Waals surface area contributed by atoms with E-state index in [2.05, 4.69) is 25.3 Å². The molecule has 4 heterocycles. The first kappa shape index (κ1) is 19.7. The highest BCUT2D eigenvalue weighted by atomic mass is 16.2. The van der Waals surface area contributed by atoms with E-state index in [0.29, 0.717) is 31.3 Å². The molecule has 0 radical (unpaired) electrons. The maximum Gasteiger partial charge on any atom is 0.288 e. The quantitative estimate of drug-likeness (QED) is 0.507. The first-order valence-corrected chi connectivity index (χ1v) is 10.4. The van der Waals surface area contributed by atoms with Crippen molar-refractivity contribution in [2.75, 3.05) is 18.1 Å². The van der Waals surface area contributed by atoms with Gasteiger partial charge in [0.1, 0.15) is 11.4 Å². The molecule has 5 rings (SSSR count). The number of hydrazine groups is 1. The first-order valence-electron chi connectivity index (χ1n) is 10.4. The van der Waals surface area contributed by atoms with Crippen LogP contribution in [0.15, 0.2) is 67.0 Å². The molecular weight excluding hydrogens is 406 g/mol. The maximum absolute atomic E-state index is 13.2. The van der Waals surface area contributed by atoms with E-state index in [-0.39, 0.29) is 17.5 Å². The van der Waals surface area contributed by atoms with Gasteiger partial charge in [-0.15, -0.1) is 0 Å². The third-order valence-electron chi connectivity index (χ3n) is 5.29. The number of pyridine rings is 1. The molecule has 0 spiro atoms. The van der Waals surface area contributed by atoms with Gasteiger partial charge in [0.15, 0.2) is 0 Å². The highest BCUT2D eigenvalue weighted by Gasteiger charge is 2.30. The molecule has 4 aromatic rings. The molecule has 2 amide bonds. The van der Waals surface area contributed by atoms with E-state index in [0.717, 1.165) is 23.0 Å². The normalized spacial score (nSPS) is 13.5. The minimum Gasteiger partial charge on any atom is -0.350 e. The van der Waals surface area contributed by atoms with Crippen LogP contribution < -0.4 is 10.3 Å². The highest BCUT2D eigenvalue weighted by molar-refractivity contribution is 5.98. The summed E-state index contributed by atoms with van der Waals surface area (Å²) < 4.78 is 0. The van der Waals surface area contributed by atoms with Gasteiger partial charge in [0.25, 0.3) is 11.8 Å². The van der Waals surface area contributed by atoms with Crippen LogP contribution in [0.5, 0.6) is 0 Å². The molecule has 1 saturated heterocycles. The maximum atomic E-state index is 13.2. The molecular formula is C23H21N7O2. The Bertz CT molecular complexity index is 1240. The van der Waals surface area contributed by atoms with Gasteiger partial charge < -0.3 is 10.3 Å². The predicted molar refractivity (Wildman–Crippen MR) is 119 cm³/mol. The SMILES string of the molecule is O=C(NCc1ccccn1)c1ccnc(N2CCCN2C(=O)c2cc3ccccc3[nH]2)n1. The Morgan fingerprint density at radius 2 is 1.88 bits per heavy atom. The second kappa shape index (κ2) is 8.46. The zero-order valence-corrected chi connectivity index (χ0v) is 17.2. The monoisotopic (exact) mass is 427 g/mol. The number of carbonyl (C=O) groups is 2. The van der Waals surface area contributed by atoms with E-state index in [4.69, 9.17) is 0 Å². The molecule has 9 nitrogen and oxygen atoms in total. The third kappa shape index (κ3) is 3.87. The Morgan fingerprint density at radius 1 is 1.00 bits per heavy atom. The molecule has 1 fully saturated rings. The van der Waals surface area contributed by atoms with Crippen LogP contribution in [0.2, 0.25) is 0 Å². The molecule has 1 aliphatic heterocycles. The van der Waals surface area contributed by atoms with Gasteiger partial charge in [-0.3, -0.25) is 14.6 Å². The van der Waals surface area contributed by atoms with Crippen molar-refractivity contribution in [2.24, 2.45) is 0 Å². The lowest BCUT2D eigenvalue weighted by molar-refractivity contribution is 0.0769. The van der Waals surface area contributed by atoms with Crippen molar-refractivity contribution in [3.8, 4) is 0 Å². The number of carbonyl (C=O) groups excluding carboxylic acids is 2. The lowest BCUT2D eigenvalue weighted by atomic mass is 10.2. The van der Waals surface area contributed by atoms with E-state index < -0.39 is 0 Å². The van der Waals surface area contributed by atoms with E-state index in [1.54, 1.807) is 22.3 Å². The number of aromatic nitrogens is 4. The second-order valence-electron chi connectivity index (χ2n) is 7.42. The van der Waals surface area contributed by atoms with Crippen molar-refractivity contribution in [3.63, 3.8) is 0 Å². The topological polar surface area (TPSA) is 107 Å². The van der Waals surface area contributed by atoms with Gasteiger partial charge in [0.2, 0.25) is 5.95 Å². The summed E-state index contributed by atoms with van der Waals surface area (Å²) in [4.78, 5) is 41.9. The van der Waals surface area contributed by atoms with Crippen LogP contribution in [0, 0.1) is 0 Å². The minimum atomic E-state index is -0.327. The van der Waals surface area contributed by atoms with Crippen LogP contribution in [-0.4, -0.2) is 49.8 Å². The summed E-state index contributed by atoms with van der Waals surface area (Å²) in [6.45, 7) is 1.44. The fourth-order valence-corrected chi connectivity index (χ4v) is 3.72. The van der Waals surface area contributed by atoms with Crippen molar-refractivity contribution in [1.29, 1.82) is 0 Å². The molecule has 2 N–H and O–H groups in total. The standard InChI is InChI=1S/C23H21N7O2/c31-21(26-15-17-7-3-4-10-24-17)19-9-11-25-23(28-19)30-13-5-12-29(30)22(32)20-14-16-6-1-2-8-18(16)27-20/h1-4,6-11,14,27H,5,12-13,15H2,(H,26,31). The molecule has 160 valence electrons. The van der Waals surface area contributed by atoms with Crippen LogP contribution in [0.1, 0.15) is 33.1 Å². The number of amides is 2. The summed E-state index contributed by atoms with van der Waals surface area (Å²) in [6, 6.07) is 16.7. The summed E-state index contributed by atoms with van der Waals surface area (Å²) in [7, 11) is 0. The van der Waals surface area contributed by atoms with Gasteiger partial charge in [-0.25, -0.2) is 20.0 Å². The van der Waals surface area contributed by atoms with Crippen molar-refractivity contribution in [3.05, 3.63) is 84.1 Å². The fourth-order valence-electron chi connectivity index (χ4n) is 3.72. The Morgan fingerprint density at radius 3 is 2.72 bits per heavy atom. The second-order valence-corrected chi connectivity index (χ2v) is 7.42. The number of nitrogens with zero attached hydrogens (tertiary/aromatic N) is 5. The number of hydrogen-bond donors (Lipinski definition) is 2. The van der Waals surface area contributed by atoms with Crippen LogP contribution >= 0.6 is 0 Å². The van der Waals surface area contributed by atoms with Crippen LogP contribution in [0.25, 0.3) is 10.9 Å². The number of nitrogens with one attached hydrogen (secondary N) is 2. The summed E-state index contributed by atoms with van der Waals surface area (Å²) >= 11 is 0. The number of fused-ring (bicyclic) bond motifs is 1. The Balaban J connectivity index is 1.33. The molecule has 9 heteroatoms. The smallest absolute Gasteiger partial charge is 0.288 e. The average Bonchev–Trinajstić information content (AvgIpc) is 3.50. The molecule has 0 atom stereocenters. The Kier molecular flexibility index (Phi) is 5.20. The zero-order chi connectivity index (χ0) is 21.9. The number of anilines is 1. The number of hydrogen-bond acceptors (Lipinski definition) is 6. The van der Waals surface area contributed by atoms with Crippen LogP contribution in [-0.2, 0) is 6.54 Å². The van der Waals surface area contributed by atoms with E-state index in [1.807, 2.05) is 48.5 Å². The first-order chi connectivity index (χ1) is 15.7. The number of rotatable bonds is 5. The van der Waals surface area contributed by atoms with Crippen molar-refractivity contribution in [2.45, 2.75) is 13.0 Å². The fraction of sp³-hybridized carbons (Fsp3) is 0.174. The molecule has 1 aromatic carbocycles. The number of aromatic amines is 1. The summed E-state index contributed by atoms with van der Waals surface area (Å²) in [5, 5.41) is 7.13. The van der Waals surface area contributed by atoms with Crippen molar-refractivity contribution in [1.82, 2.24) is 30.3 Å². The zero-order valence-electron chi connectivity index (χ0n) is 17.2. The largest absolute Gasteiger partial charge is 0.350 e. The van der Waals surface area contributed by atoms with Gasteiger partial charge in [-0.1, -0.05) is 24.3 Å². The van der Waals surface area contributed by atoms with Crippen molar-refractivity contribution >= 4 is 28.7 Å². The summed E-state index contributed by atoms with van der Waals surface area (Å²) in [6.07, 6.45) is 3.99. The van der Waals surface area contributed by atoms with Gasteiger partial charge >= 0.3 is 0 Å². The van der Waals surface area contributed by atoms with Crippen LogP contribution in [0.3, 0.4) is 0 Å². The van der Waals surface area contributed by atoms with Gasteiger partial charge in [0, 0.05) is 36.4 Å². The van der Waals surface area contributed by atoms with E-state index >= 15 is 0 Å². The number of benzene rings is 1. The lowest BCUT2D eigenvalue weighted by Crippen LogP contribution is -2.42. The summed E-state index contributed by atoms with van der Waals surface area (Å²) in [5.41, 5.74) is 2.40. The molecule has 0 unspecified atom stereocenters. The van der Waals surface area contributed by atoms with Crippen LogP contribution in [0.4, 0.5) is 5.95 Å². The van der Waals surface area contributed by atoms with Gasteiger partial charge in [-0.2, -0.15) is 0 Å². The molecule has 0 saturated carbocycles. The molecule has 0 aliphatic carbocycles. The predicted octanol–water partition coefficient (Wildman–Crippen LogP) is 2.55. The van der Waals surface area contributed by atoms with Gasteiger partial charge in [0.05, 0.1) is 12.2 Å². The Labute approximate surface area is 184 Å². The van der Waals surface area contributed by atoms with Crippen molar-refractivity contribution < 1.29 is 9.59 Å². The Hall–Kier alpha value is -4.27. The minimum absolute atomic E-state index is 0.160. The van der Waals surface area contributed by atoms with E-state index in [1.165, 1.54) is 6.20 Å². The molecule has 3 aromatic heterocycles. The lowest BCUT2D eigenvalue weighted by Gasteiger charge is -2.27. The van der Waals surface area contributed by atoms with E-state index in [9.17, 15) is 9.59 Å². The van der Waals surface area contributed by atoms with Gasteiger partial charge in [-0.05, 0) is 36.8 Å². The number of H-pyrrole nitrogens is 1. The molecule has 0 bridgehead atoms. The highest BCUT2D eigenvalue weighted by Crippen LogP contribution is 2.22.